The van der Waals surface area contributed by atoms with Gasteiger partial charge in [-0.2, -0.15) is 10.2 Å². The third-order valence-electron chi connectivity index (χ3n) is 16.9. The number of nitrogens with one attached hydrogen (secondary N) is 4. The van der Waals surface area contributed by atoms with Crippen LogP contribution in [0.25, 0.3) is 32.9 Å². The molecule has 3 aliphatic rings. The van der Waals surface area contributed by atoms with Gasteiger partial charge in [-0.05, 0) is 106 Å². The zero-order chi connectivity index (χ0) is 67.1. The molecule has 28 heteroatoms. The molecular formula is C67H89FN14O13. The summed E-state index contributed by atoms with van der Waals surface area (Å²) >= 11 is 0. The van der Waals surface area contributed by atoms with Gasteiger partial charge in [0.1, 0.15) is 24.7 Å². The average Bonchev–Trinajstić information content (AvgIpc) is 1.63. The molecule has 0 unspecified atom stereocenters. The molecule has 3 fully saturated rings. The average molecular weight is 1320 g/mol. The number of primary amides is 1. The molecule has 0 radical (unpaired) electrons. The molecule has 6 amide bonds. The highest BCUT2D eigenvalue weighted by atomic mass is 19.1. The number of rotatable bonds is 35. The Morgan fingerprint density at radius 3 is 1.92 bits per heavy atom. The number of halogens is 1. The van der Waals surface area contributed by atoms with E-state index in [0.29, 0.717) is 150 Å². The lowest BCUT2D eigenvalue weighted by atomic mass is 9.88. The van der Waals surface area contributed by atoms with Crippen LogP contribution in [0.1, 0.15) is 112 Å². The van der Waals surface area contributed by atoms with E-state index < -0.39 is 29.5 Å². The van der Waals surface area contributed by atoms with Crippen LogP contribution in [0.5, 0.6) is 0 Å². The summed E-state index contributed by atoms with van der Waals surface area (Å²) in [5.74, 6) is -1.89. The van der Waals surface area contributed by atoms with Gasteiger partial charge in [-0.1, -0.05) is 24.3 Å². The highest BCUT2D eigenvalue weighted by molar-refractivity contribution is 6.00. The third-order valence-corrected chi connectivity index (χ3v) is 16.9. The molecule has 95 heavy (non-hydrogen) atoms. The number of piperidine rings is 3. The number of nitrogens with zero attached hydrogens (tertiary/aromatic N) is 9. The first-order valence-electron chi connectivity index (χ1n) is 32.9. The van der Waals surface area contributed by atoms with Crippen molar-refractivity contribution in [2.75, 3.05) is 135 Å². The summed E-state index contributed by atoms with van der Waals surface area (Å²) in [6, 6.07) is 16.7. The molecule has 512 valence electrons. The minimum absolute atomic E-state index is 0.0137. The van der Waals surface area contributed by atoms with E-state index >= 15 is 4.39 Å². The smallest absolute Gasteiger partial charge is 0.325 e. The number of hydrogen-bond acceptors (Lipinski definition) is 19. The molecule has 6 N–H and O–H groups in total. The molecule has 3 saturated heterocycles. The number of aromatic nitrogens is 6. The number of carbonyl (C=O) groups excluding carboxylic acids is 7. The van der Waals surface area contributed by atoms with E-state index in [2.05, 4.69) is 48.4 Å². The number of likely N-dealkylation sites (tertiary alicyclic amines) is 2. The molecule has 3 aromatic heterocycles. The predicted molar refractivity (Wildman–Crippen MR) is 351 cm³/mol. The Morgan fingerprint density at radius 1 is 0.642 bits per heavy atom. The molecule has 0 bridgehead atoms. The lowest BCUT2D eigenvalue weighted by Crippen LogP contribution is -2.40. The fraction of sp³-hybridized carbons (Fsp3) is 0.537. The lowest BCUT2D eigenvalue weighted by molar-refractivity contribution is -0.147. The van der Waals surface area contributed by atoms with E-state index in [1.165, 1.54) is 22.7 Å². The first-order valence-corrected chi connectivity index (χ1v) is 32.9. The highest BCUT2D eigenvalue weighted by Crippen LogP contribution is 2.40. The predicted octanol–water partition coefficient (Wildman–Crippen LogP) is 5.02. The van der Waals surface area contributed by atoms with Crippen molar-refractivity contribution < 1.29 is 66.4 Å². The van der Waals surface area contributed by atoms with E-state index in [0.717, 1.165) is 55.8 Å². The molecule has 0 aliphatic carbocycles. The molecule has 9 rings (SSSR count). The van der Waals surface area contributed by atoms with Crippen molar-refractivity contribution in [2.24, 2.45) is 12.8 Å². The van der Waals surface area contributed by atoms with Gasteiger partial charge in [0.15, 0.2) is 11.5 Å². The first kappa shape index (κ1) is 70.6. The summed E-state index contributed by atoms with van der Waals surface area (Å²) in [7, 11) is 1.78. The minimum atomic E-state index is -0.641. The largest absolute Gasteiger partial charge is 0.462 e. The van der Waals surface area contributed by atoms with Crippen LogP contribution in [0.4, 0.5) is 21.7 Å². The third kappa shape index (κ3) is 20.7. The molecule has 27 nitrogen and oxygen atoms in total. The Hall–Kier alpha value is -8.70. The van der Waals surface area contributed by atoms with Gasteiger partial charge in [-0.3, -0.25) is 42.9 Å². The van der Waals surface area contributed by atoms with Crippen molar-refractivity contribution >= 4 is 80.5 Å². The van der Waals surface area contributed by atoms with Crippen LogP contribution >= 0.6 is 0 Å². The number of esters is 1. The number of benzene rings is 3. The van der Waals surface area contributed by atoms with Crippen molar-refractivity contribution in [1.82, 2.24) is 55.3 Å². The summed E-state index contributed by atoms with van der Waals surface area (Å²) in [6.07, 6.45) is 9.38. The second-order valence-electron chi connectivity index (χ2n) is 24.1. The van der Waals surface area contributed by atoms with Gasteiger partial charge in [0.2, 0.25) is 29.5 Å². The quantitative estimate of drug-likeness (QED) is 0.0258. The summed E-state index contributed by atoms with van der Waals surface area (Å²) in [5.41, 5.74) is 10.6. The molecular weight excluding hydrogens is 1230 g/mol. The van der Waals surface area contributed by atoms with Crippen LogP contribution in [-0.2, 0) is 70.8 Å². The molecule has 3 aromatic carbocycles. The molecule has 6 aromatic rings. The summed E-state index contributed by atoms with van der Waals surface area (Å²) in [5, 5.41) is 21.6. The Morgan fingerprint density at radius 2 is 1.26 bits per heavy atom. The van der Waals surface area contributed by atoms with Crippen LogP contribution in [0.15, 0.2) is 67.0 Å². The van der Waals surface area contributed by atoms with E-state index in [1.807, 2.05) is 23.1 Å². The van der Waals surface area contributed by atoms with Gasteiger partial charge < -0.3 is 70.1 Å². The van der Waals surface area contributed by atoms with Crippen molar-refractivity contribution in [3.05, 3.63) is 89.8 Å². The van der Waals surface area contributed by atoms with Crippen molar-refractivity contribution in [3.8, 4) is 11.1 Å². The zero-order valence-electron chi connectivity index (χ0n) is 54.6. The SMILES string of the molecule is CC(C)OC(=O)CNC(=O)CNC(=O)Cn1nc(C2CCN(C(=O)CCC(=O)NCCOCCOCCOCCOCCOCCC(=O)N3CCC(c4ccc(Nc5nc(N6CCCCC6)cnc5C(N)=O)cc4)CC3)CC2)c2c(-c3cc4c(cnn4C)cc3F)cccc21. The topological polar surface area (TPSA) is 320 Å². The van der Waals surface area contributed by atoms with E-state index in [4.69, 9.17) is 44.2 Å². The van der Waals surface area contributed by atoms with E-state index in [9.17, 15) is 33.6 Å². The number of hydrogen-bond donors (Lipinski definition) is 5. The number of carbonyl (C=O) groups is 7. The number of anilines is 3. The zero-order valence-corrected chi connectivity index (χ0v) is 54.6. The van der Waals surface area contributed by atoms with Gasteiger partial charge in [-0.25, -0.2) is 14.4 Å². The van der Waals surface area contributed by atoms with Crippen LogP contribution in [-0.4, -0.2) is 212 Å². The van der Waals surface area contributed by atoms with Crippen LogP contribution in [0.3, 0.4) is 0 Å². The number of fused-ring (bicyclic) bond motifs is 2. The second-order valence-corrected chi connectivity index (χ2v) is 24.1. The Bertz CT molecular complexity index is 3560. The summed E-state index contributed by atoms with van der Waals surface area (Å²) < 4.78 is 52.3. The normalized spacial score (nSPS) is 14.8. The number of nitrogens with two attached hydrogens (primary N) is 1. The standard InChI is InChI=1S/C67H89FN14O13/c1-45(2)95-62(88)43-72-58(84)42-71-59(85)44-82-54-9-7-8-51(52-39-55-49(38-53(52)68)40-74-78(55)3)63(54)64(77-82)48-18-26-80(27-19-48)60(86)15-14-57(83)70-21-29-91-31-33-93-35-37-94-36-34-92-32-30-90-28-20-61(87)81-24-16-47(17-25-81)46-10-12-50(13-11-46)75-67-65(66(69)89)73-41-56(76-67)79-22-5-4-6-23-79/h7-13,38-41,45,47-48H,4-6,14-37,42-44H2,1-3H3,(H2,69,89)(H,70,83)(H,71,85)(H,72,84)(H,75,76). The van der Waals surface area contributed by atoms with E-state index in [1.54, 1.807) is 61.1 Å². The minimum Gasteiger partial charge on any atom is -0.462 e. The first-order chi connectivity index (χ1) is 46.1. The molecule has 0 spiro atoms. The van der Waals surface area contributed by atoms with E-state index in [-0.39, 0.29) is 81.1 Å². The van der Waals surface area contributed by atoms with Crippen LogP contribution in [0.2, 0.25) is 0 Å². The summed E-state index contributed by atoms with van der Waals surface area (Å²) in [6.45, 7) is 10.2. The molecule has 0 atom stereocenters. The Balaban J connectivity index is 0.581. The Labute approximate surface area is 551 Å². The number of ether oxygens (including phenoxy) is 6. The fourth-order valence-electron chi connectivity index (χ4n) is 12.0. The van der Waals surface area contributed by atoms with Gasteiger partial charge in [0.25, 0.3) is 5.91 Å². The fourth-order valence-corrected chi connectivity index (χ4v) is 12.0. The van der Waals surface area contributed by atoms with Gasteiger partial charge in [-0.15, -0.1) is 0 Å². The lowest BCUT2D eigenvalue weighted by Gasteiger charge is -2.32. The maximum Gasteiger partial charge on any atom is 0.325 e. The number of amides is 6. The van der Waals surface area contributed by atoms with Crippen molar-refractivity contribution in [2.45, 2.75) is 103 Å². The summed E-state index contributed by atoms with van der Waals surface area (Å²) in [4.78, 5) is 104. The molecule has 6 heterocycles. The van der Waals surface area contributed by atoms with Gasteiger partial charge in [0.05, 0.1) is 114 Å². The monoisotopic (exact) mass is 1320 g/mol. The molecule has 0 saturated carbocycles. The van der Waals surface area contributed by atoms with Crippen LogP contribution < -0.4 is 31.9 Å². The van der Waals surface area contributed by atoms with Gasteiger partial charge >= 0.3 is 5.97 Å². The maximum atomic E-state index is 16.0. The highest BCUT2D eigenvalue weighted by Gasteiger charge is 2.31. The van der Waals surface area contributed by atoms with Crippen molar-refractivity contribution in [1.29, 1.82) is 0 Å². The number of aryl methyl sites for hydroxylation is 1. The second kappa shape index (κ2) is 35.7. The molecule has 3 aliphatic heterocycles. The Kier molecular flexibility index (Phi) is 26.5. The maximum absolute atomic E-state index is 16.0. The van der Waals surface area contributed by atoms with Gasteiger partial charge in [0, 0.05) is 93.6 Å². The van der Waals surface area contributed by atoms with Crippen molar-refractivity contribution in [3.63, 3.8) is 0 Å². The van der Waals surface area contributed by atoms with Crippen LogP contribution in [0, 0.1) is 5.82 Å².